The van der Waals surface area contributed by atoms with Gasteiger partial charge in [0.2, 0.25) is 5.90 Å². The maximum Gasteiger partial charge on any atom is 0.363 e. The van der Waals surface area contributed by atoms with E-state index in [1.54, 1.807) is 6.08 Å². The van der Waals surface area contributed by atoms with Crippen LogP contribution in [-0.2, 0) is 9.53 Å². The molecule has 2 aromatic rings. The molecule has 0 spiro atoms. The highest BCUT2D eigenvalue weighted by Crippen LogP contribution is 2.35. The first-order valence-electron chi connectivity index (χ1n) is 7.25. The minimum atomic E-state index is -0.460. The normalized spacial score (nSPS) is 18.5. The number of para-hydroxylation sites is 1. The van der Waals surface area contributed by atoms with Crippen LogP contribution in [0.25, 0.3) is 6.08 Å². The van der Waals surface area contributed by atoms with Crippen LogP contribution in [0.3, 0.4) is 0 Å². The zero-order chi connectivity index (χ0) is 15.6. The van der Waals surface area contributed by atoms with Gasteiger partial charge in [-0.3, -0.25) is 0 Å². The number of rotatable bonds is 2. The molecule has 0 N–H and O–H groups in total. The fraction of sp³-hybridized carbons (Fsp3) is 0.176. The maximum absolute atomic E-state index is 12.0. The van der Waals surface area contributed by atoms with Gasteiger partial charge in [0, 0.05) is 22.9 Å². The molecule has 1 aromatic heterocycles. The Morgan fingerprint density at radius 3 is 2.96 bits per heavy atom. The number of ether oxygens (including phenoxy) is 3. The van der Waals surface area contributed by atoms with E-state index < -0.39 is 5.97 Å². The molecule has 2 aliphatic rings. The van der Waals surface area contributed by atoms with Gasteiger partial charge >= 0.3 is 5.97 Å². The first-order valence-corrected chi connectivity index (χ1v) is 8.19. The van der Waals surface area contributed by atoms with Crippen molar-refractivity contribution in [2.45, 2.75) is 6.42 Å². The van der Waals surface area contributed by atoms with Crippen LogP contribution in [0, 0.1) is 0 Å². The molecule has 0 aliphatic carbocycles. The first-order chi connectivity index (χ1) is 11.3. The average molecular weight is 327 g/mol. The lowest BCUT2D eigenvalue weighted by Crippen LogP contribution is -2.04. The third-order valence-electron chi connectivity index (χ3n) is 3.48. The van der Waals surface area contributed by atoms with Gasteiger partial charge in [-0.25, -0.2) is 9.79 Å². The Morgan fingerprint density at radius 2 is 2.09 bits per heavy atom. The monoisotopic (exact) mass is 327 g/mol. The highest BCUT2D eigenvalue weighted by Gasteiger charge is 2.25. The van der Waals surface area contributed by atoms with Gasteiger partial charge in [0.1, 0.15) is 0 Å². The second-order valence-corrected chi connectivity index (χ2v) is 5.85. The SMILES string of the molecule is O=C1OC(c2ccsc2)=N/C1=C\c1cccc2c1OCCCO2. The van der Waals surface area contributed by atoms with Gasteiger partial charge in [-0.2, -0.15) is 11.3 Å². The van der Waals surface area contributed by atoms with E-state index in [1.807, 2.05) is 35.0 Å². The van der Waals surface area contributed by atoms with Crippen molar-refractivity contribution in [2.75, 3.05) is 13.2 Å². The molecule has 0 bridgehead atoms. The number of aliphatic imine (C=N–C) groups is 1. The van der Waals surface area contributed by atoms with E-state index in [2.05, 4.69) is 4.99 Å². The summed E-state index contributed by atoms with van der Waals surface area (Å²) in [4.78, 5) is 16.3. The Morgan fingerprint density at radius 1 is 1.17 bits per heavy atom. The van der Waals surface area contributed by atoms with E-state index in [0.29, 0.717) is 30.6 Å². The number of carbonyl (C=O) groups is 1. The van der Waals surface area contributed by atoms with Crippen LogP contribution in [0.5, 0.6) is 11.5 Å². The van der Waals surface area contributed by atoms with Gasteiger partial charge in [-0.1, -0.05) is 12.1 Å². The number of hydrogen-bond acceptors (Lipinski definition) is 6. The maximum atomic E-state index is 12.0. The number of benzene rings is 1. The van der Waals surface area contributed by atoms with Crippen molar-refractivity contribution < 1.29 is 19.0 Å². The van der Waals surface area contributed by atoms with Gasteiger partial charge in [0.05, 0.1) is 13.2 Å². The molecule has 0 saturated carbocycles. The summed E-state index contributed by atoms with van der Waals surface area (Å²) in [5, 5.41) is 3.80. The lowest BCUT2D eigenvalue weighted by atomic mass is 10.1. The molecule has 0 saturated heterocycles. The zero-order valence-corrected chi connectivity index (χ0v) is 13.0. The highest BCUT2D eigenvalue weighted by molar-refractivity contribution is 7.08. The minimum absolute atomic E-state index is 0.257. The van der Waals surface area contributed by atoms with Crippen molar-refractivity contribution in [1.29, 1.82) is 0 Å². The summed E-state index contributed by atoms with van der Waals surface area (Å²) in [6.45, 7) is 1.20. The smallest absolute Gasteiger partial charge is 0.363 e. The molecule has 0 atom stereocenters. The van der Waals surface area contributed by atoms with Crippen molar-refractivity contribution >= 4 is 29.3 Å². The van der Waals surface area contributed by atoms with Crippen LogP contribution in [-0.4, -0.2) is 25.1 Å². The van der Waals surface area contributed by atoms with Crippen molar-refractivity contribution in [2.24, 2.45) is 4.99 Å². The molecule has 4 rings (SSSR count). The summed E-state index contributed by atoms with van der Waals surface area (Å²) in [7, 11) is 0. The predicted molar refractivity (Wildman–Crippen MR) is 87.0 cm³/mol. The van der Waals surface area contributed by atoms with Crippen LogP contribution in [0.1, 0.15) is 17.5 Å². The summed E-state index contributed by atoms with van der Waals surface area (Å²) in [6, 6.07) is 7.45. The summed E-state index contributed by atoms with van der Waals surface area (Å²) >= 11 is 1.53. The second-order valence-electron chi connectivity index (χ2n) is 5.07. The largest absolute Gasteiger partial charge is 0.490 e. The summed E-state index contributed by atoms with van der Waals surface area (Å²) < 4.78 is 16.6. The lowest BCUT2D eigenvalue weighted by molar-refractivity contribution is -0.129. The topological polar surface area (TPSA) is 57.1 Å². The Hall–Kier alpha value is -2.60. The van der Waals surface area contributed by atoms with E-state index in [0.717, 1.165) is 17.5 Å². The zero-order valence-electron chi connectivity index (χ0n) is 12.2. The Labute approximate surface area is 136 Å². The number of thiophene rings is 1. The molecule has 0 fully saturated rings. The third-order valence-corrected chi connectivity index (χ3v) is 4.17. The molecule has 0 radical (unpaired) electrons. The van der Waals surface area contributed by atoms with Gasteiger partial charge in [0.15, 0.2) is 17.2 Å². The molecule has 2 aliphatic heterocycles. The minimum Gasteiger partial charge on any atom is -0.490 e. The lowest BCUT2D eigenvalue weighted by Gasteiger charge is -2.09. The Kier molecular flexibility index (Phi) is 3.59. The second kappa shape index (κ2) is 5.89. The Bertz CT molecular complexity index is 808. The number of cyclic esters (lactones) is 1. The fourth-order valence-corrected chi connectivity index (χ4v) is 3.03. The number of carbonyl (C=O) groups excluding carboxylic acids is 1. The summed E-state index contributed by atoms with van der Waals surface area (Å²) in [6.07, 6.45) is 2.50. The number of esters is 1. The van der Waals surface area contributed by atoms with Crippen LogP contribution in [0.15, 0.2) is 45.7 Å². The van der Waals surface area contributed by atoms with E-state index >= 15 is 0 Å². The quantitative estimate of drug-likeness (QED) is 0.627. The summed E-state index contributed by atoms with van der Waals surface area (Å²) in [5.41, 5.74) is 1.82. The van der Waals surface area contributed by atoms with Crippen LogP contribution < -0.4 is 9.47 Å². The van der Waals surface area contributed by atoms with Crippen LogP contribution in [0.2, 0.25) is 0 Å². The molecule has 5 nitrogen and oxygen atoms in total. The fourth-order valence-electron chi connectivity index (χ4n) is 2.40. The van der Waals surface area contributed by atoms with Crippen molar-refractivity contribution in [3.63, 3.8) is 0 Å². The molecule has 23 heavy (non-hydrogen) atoms. The number of fused-ring (bicyclic) bond motifs is 1. The van der Waals surface area contributed by atoms with E-state index in [4.69, 9.17) is 14.2 Å². The highest BCUT2D eigenvalue weighted by atomic mass is 32.1. The third kappa shape index (κ3) is 2.73. The number of hydrogen-bond donors (Lipinski definition) is 0. The molecule has 0 unspecified atom stereocenters. The van der Waals surface area contributed by atoms with Crippen LogP contribution >= 0.6 is 11.3 Å². The van der Waals surface area contributed by atoms with Gasteiger partial charge < -0.3 is 14.2 Å². The van der Waals surface area contributed by atoms with Crippen molar-refractivity contribution in [3.8, 4) is 11.5 Å². The van der Waals surface area contributed by atoms with E-state index in [1.165, 1.54) is 11.3 Å². The molecular formula is C17H13NO4S. The molecule has 3 heterocycles. The van der Waals surface area contributed by atoms with Gasteiger partial charge in [-0.05, 0) is 23.6 Å². The van der Waals surface area contributed by atoms with E-state index in [9.17, 15) is 4.79 Å². The van der Waals surface area contributed by atoms with Crippen molar-refractivity contribution in [3.05, 3.63) is 51.8 Å². The molecule has 0 amide bonds. The number of nitrogens with zero attached hydrogens (tertiary/aromatic N) is 1. The van der Waals surface area contributed by atoms with Gasteiger partial charge in [-0.15, -0.1) is 0 Å². The molecular weight excluding hydrogens is 314 g/mol. The molecule has 116 valence electrons. The first kappa shape index (κ1) is 14.0. The molecule has 1 aromatic carbocycles. The molecule has 6 heteroatoms. The van der Waals surface area contributed by atoms with Crippen LogP contribution in [0.4, 0.5) is 0 Å². The van der Waals surface area contributed by atoms with E-state index in [-0.39, 0.29) is 5.70 Å². The summed E-state index contributed by atoms with van der Waals surface area (Å²) in [5.74, 6) is 1.20. The average Bonchev–Trinajstić information content (AvgIpc) is 3.13. The predicted octanol–water partition coefficient (Wildman–Crippen LogP) is 3.25. The van der Waals surface area contributed by atoms with Crippen molar-refractivity contribution in [1.82, 2.24) is 0 Å². The standard InChI is InChI=1S/C17H13NO4S/c19-17-13(18-16(22-17)12-5-8-23-10-12)9-11-3-1-4-14-15(11)21-7-2-6-20-14/h1,3-5,8-10H,2,6-7H2/b13-9-. The van der Waals surface area contributed by atoms with Gasteiger partial charge in [0.25, 0.3) is 0 Å². The Balaban J connectivity index is 1.72.